The fourth-order valence-corrected chi connectivity index (χ4v) is 6.65. The maximum Gasteiger partial charge on any atom is 0.418 e. The van der Waals surface area contributed by atoms with Crippen molar-refractivity contribution in [1.29, 1.82) is 0 Å². The van der Waals surface area contributed by atoms with Crippen LogP contribution >= 0.6 is 0 Å². The zero-order valence-corrected chi connectivity index (χ0v) is 21.8. The first-order valence-electron chi connectivity index (χ1n) is 12.6. The third-order valence-electron chi connectivity index (χ3n) is 7.63. The Hall–Kier alpha value is -3.49. The molecule has 1 saturated carbocycles. The molecule has 1 aliphatic heterocycles. The number of aromatic nitrogens is 5. The highest BCUT2D eigenvalue weighted by molar-refractivity contribution is 7.87. The van der Waals surface area contributed by atoms with Crippen molar-refractivity contribution in [2.75, 3.05) is 13.1 Å². The first-order valence-corrected chi connectivity index (χ1v) is 14.0. The molecule has 1 N–H and O–H groups in total. The Labute approximate surface area is 221 Å². The second-order valence-electron chi connectivity index (χ2n) is 10.1. The lowest BCUT2D eigenvalue weighted by atomic mass is 9.72. The third kappa shape index (κ3) is 4.55. The van der Waals surface area contributed by atoms with E-state index in [1.54, 1.807) is 18.5 Å². The minimum absolute atomic E-state index is 0.0584. The fourth-order valence-electron chi connectivity index (χ4n) is 5.47. The summed E-state index contributed by atoms with van der Waals surface area (Å²) >= 11 is 0. The standard InChI is InChI=1S/C25H26F3N7O3S/c1-32-15-29-31-23(32)22(17-4-2-5-17)18-6-3-7-19(11-18)34-14-21-20(25(26,27)28)10-16(13-35(21)24(34)36)12-33-9-8-30-39(33,37)38/h3,6-7,10-11,13-15,17,22,30H,2,4-5,8-9,12H2,1H3/t22-/m1/s1. The minimum Gasteiger partial charge on any atom is -0.320 e. The van der Waals surface area contributed by atoms with Crippen molar-refractivity contribution in [3.63, 3.8) is 0 Å². The quantitative estimate of drug-likeness (QED) is 0.390. The lowest BCUT2D eigenvalue weighted by Crippen LogP contribution is -2.29. The molecule has 0 spiro atoms. The third-order valence-corrected chi connectivity index (χ3v) is 9.19. The summed E-state index contributed by atoms with van der Waals surface area (Å²) < 4.78 is 74.0. The number of pyridine rings is 1. The van der Waals surface area contributed by atoms with E-state index >= 15 is 0 Å². The highest BCUT2D eigenvalue weighted by Crippen LogP contribution is 2.43. The molecule has 1 aromatic carbocycles. The number of alkyl halides is 3. The van der Waals surface area contributed by atoms with Crippen LogP contribution in [-0.2, 0) is 30.0 Å². The van der Waals surface area contributed by atoms with Crippen LogP contribution in [0.3, 0.4) is 0 Å². The van der Waals surface area contributed by atoms with Gasteiger partial charge in [-0.2, -0.15) is 25.9 Å². The van der Waals surface area contributed by atoms with Crippen LogP contribution in [0.15, 0.2) is 53.8 Å². The Balaban J connectivity index is 1.45. The largest absolute Gasteiger partial charge is 0.418 e. The van der Waals surface area contributed by atoms with Crippen LogP contribution in [0.5, 0.6) is 0 Å². The van der Waals surface area contributed by atoms with Crippen molar-refractivity contribution < 1.29 is 21.6 Å². The number of benzene rings is 1. The SMILES string of the molecule is Cn1cnnc1[C@@H](c1cccc(-n2cc3c(C(F)(F)F)cc(CN4CCNS4(=O)=O)cn3c2=O)c1)C1CCC1. The lowest BCUT2D eigenvalue weighted by Gasteiger charge is -2.33. The Kier molecular flexibility index (Phi) is 6.15. The number of nitrogens with one attached hydrogen (secondary N) is 1. The molecule has 1 saturated heterocycles. The molecular weight excluding hydrogens is 535 g/mol. The van der Waals surface area contributed by atoms with Crippen molar-refractivity contribution in [2.45, 2.75) is 37.9 Å². The van der Waals surface area contributed by atoms with Gasteiger partial charge in [-0.05, 0) is 48.1 Å². The molecule has 10 nitrogen and oxygen atoms in total. The molecule has 206 valence electrons. The molecule has 4 heterocycles. The number of halogens is 3. The van der Waals surface area contributed by atoms with Gasteiger partial charge in [-0.25, -0.2) is 9.52 Å². The van der Waals surface area contributed by atoms with Crippen LogP contribution in [-0.4, -0.2) is 49.5 Å². The van der Waals surface area contributed by atoms with Gasteiger partial charge in [0.05, 0.1) is 16.8 Å². The fraction of sp³-hybridized carbons (Fsp3) is 0.400. The molecule has 0 unspecified atom stereocenters. The second-order valence-corrected chi connectivity index (χ2v) is 11.8. The van der Waals surface area contributed by atoms with E-state index in [-0.39, 0.29) is 36.6 Å². The average molecular weight is 562 g/mol. The molecular formula is C25H26F3N7O3S. The minimum atomic E-state index is -4.76. The van der Waals surface area contributed by atoms with E-state index in [4.69, 9.17) is 0 Å². The number of aryl methyl sites for hydroxylation is 1. The number of fused-ring (bicyclic) bond motifs is 1. The molecule has 4 aromatic rings. The van der Waals surface area contributed by atoms with Crippen LogP contribution in [0, 0.1) is 5.92 Å². The van der Waals surface area contributed by atoms with E-state index in [0.717, 1.165) is 45.4 Å². The van der Waals surface area contributed by atoms with Gasteiger partial charge in [-0.1, -0.05) is 18.6 Å². The van der Waals surface area contributed by atoms with Crippen LogP contribution < -0.4 is 10.4 Å². The van der Waals surface area contributed by atoms with Gasteiger partial charge in [0.25, 0.3) is 10.2 Å². The predicted octanol–water partition coefficient (Wildman–Crippen LogP) is 2.82. The molecule has 0 bridgehead atoms. The molecule has 0 amide bonds. The highest BCUT2D eigenvalue weighted by Gasteiger charge is 2.36. The smallest absolute Gasteiger partial charge is 0.320 e. The predicted molar refractivity (Wildman–Crippen MR) is 136 cm³/mol. The van der Waals surface area contributed by atoms with Crippen molar-refractivity contribution in [2.24, 2.45) is 13.0 Å². The van der Waals surface area contributed by atoms with Crippen LogP contribution in [0.25, 0.3) is 11.2 Å². The van der Waals surface area contributed by atoms with Gasteiger partial charge in [0.1, 0.15) is 12.2 Å². The maximum absolute atomic E-state index is 14.1. The van der Waals surface area contributed by atoms with Gasteiger partial charge in [0, 0.05) is 45.0 Å². The second kappa shape index (κ2) is 9.31. The van der Waals surface area contributed by atoms with Crippen LogP contribution in [0.1, 0.15) is 47.7 Å². The van der Waals surface area contributed by atoms with Gasteiger partial charge >= 0.3 is 11.9 Å². The molecule has 14 heteroatoms. The first kappa shape index (κ1) is 25.8. The molecule has 3 aromatic heterocycles. The van der Waals surface area contributed by atoms with Gasteiger partial charge in [-0.15, -0.1) is 10.2 Å². The van der Waals surface area contributed by atoms with E-state index in [1.807, 2.05) is 23.7 Å². The highest BCUT2D eigenvalue weighted by atomic mass is 32.2. The van der Waals surface area contributed by atoms with E-state index in [9.17, 15) is 26.4 Å². The van der Waals surface area contributed by atoms with Crippen LogP contribution in [0.2, 0.25) is 0 Å². The summed E-state index contributed by atoms with van der Waals surface area (Å²) in [7, 11) is -1.91. The summed E-state index contributed by atoms with van der Waals surface area (Å²) in [4.78, 5) is 13.5. The molecule has 2 fully saturated rings. The van der Waals surface area contributed by atoms with Crippen molar-refractivity contribution in [3.05, 3.63) is 82.1 Å². The Morgan fingerprint density at radius 2 is 1.97 bits per heavy atom. The zero-order valence-electron chi connectivity index (χ0n) is 21.0. The van der Waals surface area contributed by atoms with Crippen molar-refractivity contribution >= 4 is 15.7 Å². The Morgan fingerprint density at radius 3 is 2.59 bits per heavy atom. The molecule has 39 heavy (non-hydrogen) atoms. The van der Waals surface area contributed by atoms with Crippen molar-refractivity contribution in [3.8, 4) is 5.69 Å². The van der Waals surface area contributed by atoms with Gasteiger partial charge in [0.2, 0.25) is 0 Å². The van der Waals surface area contributed by atoms with E-state index < -0.39 is 27.6 Å². The molecule has 1 atom stereocenters. The number of rotatable bonds is 6. The number of nitrogens with zero attached hydrogens (tertiary/aromatic N) is 6. The van der Waals surface area contributed by atoms with Gasteiger partial charge < -0.3 is 4.57 Å². The first-order chi connectivity index (χ1) is 18.5. The summed E-state index contributed by atoms with van der Waals surface area (Å²) in [5.74, 6) is 1.08. The van der Waals surface area contributed by atoms with E-state index in [0.29, 0.717) is 11.6 Å². The zero-order chi connectivity index (χ0) is 27.5. The number of hydrogen-bond donors (Lipinski definition) is 1. The summed E-state index contributed by atoms with van der Waals surface area (Å²) in [6.45, 7) is -0.000105. The monoisotopic (exact) mass is 561 g/mol. The summed E-state index contributed by atoms with van der Waals surface area (Å²) in [6.07, 6.45) is 2.50. The number of imidazole rings is 1. The average Bonchev–Trinajstić information content (AvgIpc) is 3.52. The summed E-state index contributed by atoms with van der Waals surface area (Å²) in [5.41, 5.74) is -0.623. The van der Waals surface area contributed by atoms with Crippen molar-refractivity contribution in [1.82, 2.24) is 32.8 Å². The van der Waals surface area contributed by atoms with Gasteiger partial charge in [-0.3, -0.25) is 8.97 Å². The molecule has 6 rings (SSSR count). The van der Waals surface area contributed by atoms with Gasteiger partial charge in [0.15, 0.2) is 0 Å². The number of hydrogen-bond acceptors (Lipinski definition) is 5. The molecule has 1 aliphatic carbocycles. The van der Waals surface area contributed by atoms with Crippen LogP contribution in [0.4, 0.5) is 13.2 Å². The van der Waals surface area contributed by atoms with E-state index in [1.165, 1.54) is 17.0 Å². The molecule has 2 aliphatic rings. The lowest BCUT2D eigenvalue weighted by molar-refractivity contribution is -0.136. The topological polar surface area (TPSA) is 107 Å². The molecule has 0 radical (unpaired) electrons. The maximum atomic E-state index is 14.1. The Bertz CT molecular complexity index is 1720. The summed E-state index contributed by atoms with van der Waals surface area (Å²) in [6, 6.07) is 8.11. The normalized spacial score (nSPS) is 19.0. The Morgan fingerprint density at radius 1 is 1.18 bits per heavy atom. The summed E-state index contributed by atoms with van der Waals surface area (Å²) in [5, 5.41) is 8.34. The van der Waals surface area contributed by atoms with E-state index in [2.05, 4.69) is 14.9 Å².